The minimum atomic E-state index is -1.91. The molecule has 1 heterocycles. The van der Waals surface area contributed by atoms with Gasteiger partial charge in [-0.2, -0.15) is 0 Å². The van der Waals surface area contributed by atoms with Gasteiger partial charge in [0.25, 0.3) is 0 Å². The van der Waals surface area contributed by atoms with Crippen LogP contribution in [0.15, 0.2) is 0 Å². The molecule has 102 valence electrons. The number of carboxylic acid groups (broad SMARTS) is 1. The summed E-state index contributed by atoms with van der Waals surface area (Å²) in [7, 11) is -1.91. The fraction of sp³-hybridized carbons (Fsp3) is 0.636. The summed E-state index contributed by atoms with van der Waals surface area (Å²) in [5.74, 6) is -1.01. The number of halogens is 1. The molecule has 0 aliphatic rings. The Morgan fingerprint density at radius 3 is 2.50 bits per heavy atom. The van der Waals surface area contributed by atoms with Crippen molar-refractivity contribution in [2.24, 2.45) is 0 Å². The Hall–Kier alpha value is -0.433. The predicted molar refractivity (Wildman–Crippen MR) is 76.1 cm³/mol. The average Bonchev–Trinajstić information content (AvgIpc) is 2.55. The Balaban J connectivity index is 2.84. The van der Waals surface area contributed by atoms with Gasteiger partial charge >= 0.3 is 5.97 Å². The van der Waals surface area contributed by atoms with Crippen LogP contribution in [0.1, 0.15) is 36.1 Å². The lowest BCUT2D eigenvalue weighted by molar-refractivity contribution is 0.0698. The Labute approximate surface area is 117 Å². The van der Waals surface area contributed by atoms with Crippen molar-refractivity contribution in [3.05, 3.63) is 15.0 Å². The van der Waals surface area contributed by atoms with E-state index >= 15 is 0 Å². The topological polar surface area (TPSA) is 59.4 Å². The van der Waals surface area contributed by atoms with Crippen LogP contribution in [0.2, 0.25) is 22.6 Å². The molecule has 0 aliphatic heterocycles. The maximum atomic E-state index is 11.0. The summed E-state index contributed by atoms with van der Waals surface area (Å²) in [6.07, 6.45) is 0. The first-order chi connectivity index (χ1) is 8.04. The van der Waals surface area contributed by atoms with Gasteiger partial charge in [0.05, 0.1) is 12.3 Å². The molecule has 1 N–H and O–H groups in total. The monoisotopic (exact) mass is 307 g/mol. The predicted octanol–water partition coefficient (Wildman–Crippen LogP) is 4.02. The van der Waals surface area contributed by atoms with Crippen molar-refractivity contribution >= 4 is 37.2 Å². The van der Waals surface area contributed by atoms with Crippen LogP contribution < -0.4 is 0 Å². The van der Waals surface area contributed by atoms with E-state index in [0.717, 1.165) is 11.3 Å². The van der Waals surface area contributed by atoms with Crippen molar-refractivity contribution < 1.29 is 14.3 Å². The van der Waals surface area contributed by atoms with Gasteiger partial charge < -0.3 is 9.53 Å². The third-order valence-electron chi connectivity index (χ3n) is 3.24. The average molecular weight is 308 g/mol. The van der Waals surface area contributed by atoms with Crippen molar-refractivity contribution in [3.63, 3.8) is 0 Å². The lowest BCUT2D eigenvalue weighted by atomic mass is 10.2. The van der Waals surface area contributed by atoms with Crippen LogP contribution in [0.5, 0.6) is 0 Å². The summed E-state index contributed by atoms with van der Waals surface area (Å²) < 4.78 is 6.18. The highest BCUT2D eigenvalue weighted by atomic mass is 35.5. The highest BCUT2D eigenvalue weighted by molar-refractivity contribution is 7.17. The number of aromatic carboxylic acids is 1. The van der Waals surface area contributed by atoms with Crippen molar-refractivity contribution in [1.82, 2.24) is 4.98 Å². The standard InChI is InChI=1S/C11H18ClNO3SSi/c1-11(2,3)18(4,5)16-6-7-8(9(14)15)17-10(12)13-7/h6H2,1-5H3,(H,14,15). The molecule has 1 rings (SSSR count). The number of hydrogen-bond donors (Lipinski definition) is 1. The number of thiazole rings is 1. The second-order valence-corrected chi connectivity index (χ2v) is 12.0. The third kappa shape index (κ3) is 3.54. The van der Waals surface area contributed by atoms with E-state index in [2.05, 4.69) is 38.8 Å². The van der Waals surface area contributed by atoms with Crippen LogP contribution in [-0.2, 0) is 11.0 Å². The molecule has 1 aromatic heterocycles. The largest absolute Gasteiger partial charge is 0.477 e. The van der Waals surface area contributed by atoms with Crippen molar-refractivity contribution in [1.29, 1.82) is 0 Å². The van der Waals surface area contributed by atoms with Gasteiger partial charge in [0.1, 0.15) is 4.88 Å². The quantitative estimate of drug-likeness (QED) is 0.854. The van der Waals surface area contributed by atoms with Gasteiger partial charge in [-0.15, -0.1) is 0 Å². The number of aromatic nitrogens is 1. The van der Waals surface area contributed by atoms with Crippen LogP contribution in [0, 0.1) is 0 Å². The molecule has 0 fully saturated rings. The summed E-state index contributed by atoms with van der Waals surface area (Å²) in [6.45, 7) is 10.8. The summed E-state index contributed by atoms with van der Waals surface area (Å²) in [4.78, 5) is 15.2. The fourth-order valence-corrected chi connectivity index (χ4v) is 2.95. The molecule has 0 saturated heterocycles. The number of carboxylic acids is 1. The van der Waals surface area contributed by atoms with E-state index in [0.29, 0.717) is 5.69 Å². The molecule has 7 heteroatoms. The zero-order chi connectivity index (χ0) is 14.1. The molecule has 0 unspecified atom stereocenters. The Morgan fingerprint density at radius 2 is 2.06 bits per heavy atom. The molecule has 0 bridgehead atoms. The maximum absolute atomic E-state index is 11.0. The second-order valence-electron chi connectivity index (χ2n) is 5.60. The normalized spacial score (nSPS) is 12.8. The molecular weight excluding hydrogens is 290 g/mol. The number of carbonyl (C=O) groups is 1. The van der Waals surface area contributed by atoms with Crippen LogP contribution in [0.3, 0.4) is 0 Å². The smallest absolute Gasteiger partial charge is 0.347 e. The third-order valence-corrected chi connectivity index (χ3v) is 8.91. The van der Waals surface area contributed by atoms with Crippen LogP contribution in [0.25, 0.3) is 0 Å². The van der Waals surface area contributed by atoms with E-state index in [4.69, 9.17) is 21.1 Å². The highest BCUT2D eigenvalue weighted by Gasteiger charge is 2.37. The minimum absolute atomic E-state index is 0.0796. The van der Waals surface area contributed by atoms with Crippen molar-refractivity contribution in [2.75, 3.05) is 0 Å². The molecule has 0 radical (unpaired) electrons. The SMILES string of the molecule is CC(C)(C)[Si](C)(C)OCc1nc(Cl)sc1C(=O)O. The molecule has 0 aliphatic carbocycles. The lowest BCUT2D eigenvalue weighted by Crippen LogP contribution is -2.40. The second kappa shape index (κ2) is 5.28. The van der Waals surface area contributed by atoms with E-state index in [9.17, 15) is 4.79 Å². The molecule has 0 saturated carbocycles. The molecule has 0 atom stereocenters. The summed E-state index contributed by atoms with van der Waals surface area (Å²) in [5.41, 5.74) is 0.419. The van der Waals surface area contributed by atoms with Gasteiger partial charge in [-0.1, -0.05) is 43.7 Å². The zero-order valence-corrected chi connectivity index (χ0v) is 13.8. The minimum Gasteiger partial charge on any atom is -0.477 e. The number of hydrogen-bond acceptors (Lipinski definition) is 4. The molecule has 18 heavy (non-hydrogen) atoms. The molecule has 0 spiro atoms. The number of nitrogens with zero attached hydrogens (tertiary/aromatic N) is 1. The van der Waals surface area contributed by atoms with Crippen LogP contribution in [-0.4, -0.2) is 24.4 Å². The van der Waals surface area contributed by atoms with Gasteiger partial charge in [-0.05, 0) is 18.1 Å². The van der Waals surface area contributed by atoms with Crippen molar-refractivity contribution in [3.8, 4) is 0 Å². The van der Waals surface area contributed by atoms with Gasteiger partial charge in [0, 0.05) is 0 Å². The van der Waals surface area contributed by atoms with Crippen molar-refractivity contribution in [2.45, 2.75) is 45.5 Å². The summed E-state index contributed by atoms with van der Waals surface area (Å²) in [5, 5.41) is 9.12. The summed E-state index contributed by atoms with van der Waals surface area (Å²) >= 11 is 6.72. The van der Waals surface area contributed by atoms with Gasteiger partial charge in [-0.3, -0.25) is 0 Å². The van der Waals surface area contributed by atoms with Gasteiger partial charge in [0.2, 0.25) is 0 Å². The Morgan fingerprint density at radius 1 is 1.50 bits per heavy atom. The molecular formula is C11H18ClNO3SSi. The van der Waals surface area contributed by atoms with E-state index in [1.165, 1.54) is 0 Å². The Bertz CT molecular complexity index is 454. The molecule has 1 aromatic rings. The van der Waals surface area contributed by atoms with E-state index < -0.39 is 14.3 Å². The fourth-order valence-electron chi connectivity index (χ4n) is 1.05. The van der Waals surface area contributed by atoms with E-state index in [1.54, 1.807) is 0 Å². The molecule has 4 nitrogen and oxygen atoms in total. The van der Waals surface area contributed by atoms with Crippen LogP contribution in [0.4, 0.5) is 0 Å². The molecule has 0 aromatic carbocycles. The maximum Gasteiger partial charge on any atom is 0.347 e. The van der Waals surface area contributed by atoms with Gasteiger partial charge in [0.15, 0.2) is 12.8 Å². The zero-order valence-electron chi connectivity index (χ0n) is 11.2. The van der Waals surface area contributed by atoms with E-state index in [1.807, 2.05) is 0 Å². The lowest BCUT2D eigenvalue weighted by Gasteiger charge is -2.35. The summed E-state index contributed by atoms with van der Waals surface area (Å²) in [6, 6.07) is 0. The molecule has 0 amide bonds. The first-order valence-corrected chi connectivity index (χ1v) is 9.67. The highest BCUT2D eigenvalue weighted by Crippen LogP contribution is 2.37. The Kier molecular flexibility index (Phi) is 4.59. The van der Waals surface area contributed by atoms with Crippen LogP contribution >= 0.6 is 22.9 Å². The number of rotatable bonds is 4. The first-order valence-electron chi connectivity index (χ1n) is 5.57. The van der Waals surface area contributed by atoms with Gasteiger partial charge in [-0.25, -0.2) is 9.78 Å². The van der Waals surface area contributed by atoms with E-state index in [-0.39, 0.29) is 21.0 Å². The first kappa shape index (κ1) is 15.6.